The highest BCUT2D eigenvalue weighted by Gasteiger charge is 2.17. The third kappa shape index (κ3) is 4.00. The van der Waals surface area contributed by atoms with E-state index in [0.717, 1.165) is 17.0 Å². The molecule has 0 aliphatic rings. The van der Waals surface area contributed by atoms with E-state index in [2.05, 4.69) is 15.5 Å². The summed E-state index contributed by atoms with van der Waals surface area (Å²) in [6, 6.07) is 15.0. The Morgan fingerprint density at radius 1 is 1.15 bits per heavy atom. The molecule has 0 bridgehead atoms. The number of nitrogens with zero attached hydrogens (tertiary/aromatic N) is 3. The molecular weight excluding hydrogens is 372 g/mol. The first-order chi connectivity index (χ1) is 12.6. The number of benzene rings is 2. The van der Waals surface area contributed by atoms with E-state index in [1.165, 1.54) is 11.8 Å². The zero-order chi connectivity index (χ0) is 18.5. The summed E-state index contributed by atoms with van der Waals surface area (Å²) in [5.41, 5.74) is 1.75. The lowest BCUT2D eigenvalue weighted by atomic mass is 10.2. The van der Waals surface area contributed by atoms with Crippen molar-refractivity contribution in [3.05, 3.63) is 53.6 Å². The predicted molar refractivity (Wildman–Crippen MR) is 103 cm³/mol. The highest BCUT2D eigenvalue weighted by atomic mass is 35.5. The van der Waals surface area contributed by atoms with E-state index in [-0.39, 0.29) is 11.7 Å². The first-order valence-corrected chi connectivity index (χ1v) is 9.18. The van der Waals surface area contributed by atoms with Crippen LogP contribution in [-0.4, -0.2) is 40.6 Å². The summed E-state index contributed by atoms with van der Waals surface area (Å²) in [6.07, 6.45) is 0. The number of ether oxygens (including phenoxy) is 1. The molecule has 0 aliphatic heterocycles. The Morgan fingerprint density at radius 2 is 1.85 bits per heavy atom. The second kappa shape index (κ2) is 8.25. The molecule has 6 nitrogen and oxygen atoms in total. The van der Waals surface area contributed by atoms with Crippen molar-refractivity contribution in [1.82, 2.24) is 20.1 Å². The second-order valence-electron chi connectivity index (χ2n) is 5.31. The van der Waals surface area contributed by atoms with E-state index in [9.17, 15) is 4.79 Å². The van der Waals surface area contributed by atoms with Gasteiger partial charge in [-0.2, -0.15) is 0 Å². The van der Waals surface area contributed by atoms with Crippen LogP contribution < -0.4 is 10.1 Å². The third-order valence-corrected chi connectivity index (χ3v) is 4.86. The SMILES string of the molecule is CNC(=O)CSc1nnc(-c2ccc(OC)cc2)n1-c1ccc(Cl)cc1. The van der Waals surface area contributed by atoms with Crippen molar-refractivity contribution in [2.45, 2.75) is 5.16 Å². The molecule has 0 aliphatic carbocycles. The van der Waals surface area contributed by atoms with Crippen LogP contribution in [0.2, 0.25) is 5.02 Å². The van der Waals surface area contributed by atoms with Gasteiger partial charge in [-0.15, -0.1) is 10.2 Å². The number of hydrogen-bond acceptors (Lipinski definition) is 5. The zero-order valence-electron chi connectivity index (χ0n) is 14.3. The molecule has 1 N–H and O–H groups in total. The van der Waals surface area contributed by atoms with Gasteiger partial charge in [-0.1, -0.05) is 23.4 Å². The fourth-order valence-electron chi connectivity index (χ4n) is 2.32. The minimum Gasteiger partial charge on any atom is -0.497 e. The first-order valence-electron chi connectivity index (χ1n) is 7.81. The Morgan fingerprint density at radius 3 is 2.46 bits per heavy atom. The maximum atomic E-state index is 11.6. The summed E-state index contributed by atoms with van der Waals surface area (Å²) >= 11 is 7.33. The lowest BCUT2D eigenvalue weighted by molar-refractivity contribution is -0.118. The second-order valence-corrected chi connectivity index (χ2v) is 6.69. The van der Waals surface area contributed by atoms with Gasteiger partial charge in [-0.3, -0.25) is 9.36 Å². The van der Waals surface area contributed by atoms with Gasteiger partial charge in [0.1, 0.15) is 5.75 Å². The van der Waals surface area contributed by atoms with Crippen LogP contribution in [0, 0.1) is 0 Å². The van der Waals surface area contributed by atoms with E-state index in [0.29, 0.717) is 16.0 Å². The molecule has 1 aromatic heterocycles. The van der Waals surface area contributed by atoms with E-state index < -0.39 is 0 Å². The number of methoxy groups -OCH3 is 1. The van der Waals surface area contributed by atoms with Gasteiger partial charge >= 0.3 is 0 Å². The average molecular weight is 389 g/mol. The summed E-state index contributed by atoms with van der Waals surface area (Å²) in [6.45, 7) is 0. The number of rotatable bonds is 6. The number of carbonyl (C=O) groups is 1. The molecule has 0 fully saturated rings. The maximum absolute atomic E-state index is 11.6. The lowest BCUT2D eigenvalue weighted by Gasteiger charge is -2.11. The van der Waals surface area contributed by atoms with Crippen LogP contribution in [0.5, 0.6) is 5.75 Å². The van der Waals surface area contributed by atoms with Crippen molar-refractivity contribution in [2.24, 2.45) is 0 Å². The average Bonchev–Trinajstić information content (AvgIpc) is 3.10. The van der Waals surface area contributed by atoms with Crippen LogP contribution in [-0.2, 0) is 4.79 Å². The molecule has 0 spiro atoms. The van der Waals surface area contributed by atoms with Crippen molar-refractivity contribution in [3.63, 3.8) is 0 Å². The largest absolute Gasteiger partial charge is 0.497 e. The van der Waals surface area contributed by atoms with E-state index in [1.54, 1.807) is 14.2 Å². The van der Waals surface area contributed by atoms with Crippen LogP contribution in [0.1, 0.15) is 0 Å². The van der Waals surface area contributed by atoms with Gasteiger partial charge in [0.25, 0.3) is 0 Å². The topological polar surface area (TPSA) is 69.0 Å². The molecule has 0 unspecified atom stereocenters. The van der Waals surface area contributed by atoms with Crippen LogP contribution in [0.25, 0.3) is 17.1 Å². The van der Waals surface area contributed by atoms with Crippen LogP contribution in [0.4, 0.5) is 0 Å². The molecule has 0 saturated heterocycles. The third-order valence-electron chi connectivity index (χ3n) is 3.68. The Hall–Kier alpha value is -2.51. The van der Waals surface area contributed by atoms with E-state index in [1.807, 2.05) is 53.1 Å². The highest BCUT2D eigenvalue weighted by Crippen LogP contribution is 2.29. The molecule has 0 atom stereocenters. The van der Waals surface area contributed by atoms with Gasteiger partial charge in [-0.05, 0) is 48.5 Å². The molecule has 134 valence electrons. The van der Waals surface area contributed by atoms with Crippen LogP contribution in [0.3, 0.4) is 0 Å². The molecule has 8 heteroatoms. The van der Waals surface area contributed by atoms with Gasteiger partial charge in [0.05, 0.1) is 12.9 Å². The minimum atomic E-state index is -0.0772. The van der Waals surface area contributed by atoms with Gasteiger partial charge < -0.3 is 10.1 Å². The van der Waals surface area contributed by atoms with Crippen LogP contribution >= 0.6 is 23.4 Å². The minimum absolute atomic E-state index is 0.0772. The molecule has 0 saturated carbocycles. The summed E-state index contributed by atoms with van der Waals surface area (Å²) in [4.78, 5) is 11.6. The van der Waals surface area contributed by atoms with E-state index >= 15 is 0 Å². The molecule has 0 radical (unpaired) electrons. The van der Waals surface area contributed by atoms with Crippen molar-refractivity contribution >= 4 is 29.3 Å². The quantitative estimate of drug-likeness (QED) is 0.655. The Labute approximate surface area is 160 Å². The van der Waals surface area contributed by atoms with Gasteiger partial charge in [-0.25, -0.2) is 0 Å². The fourth-order valence-corrected chi connectivity index (χ4v) is 3.27. The zero-order valence-corrected chi connectivity index (χ0v) is 15.8. The number of carbonyl (C=O) groups excluding carboxylic acids is 1. The Balaban J connectivity index is 2.04. The Kier molecular flexibility index (Phi) is 5.80. The normalized spacial score (nSPS) is 10.6. The lowest BCUT2D eigenvalue weighted by Crippen LogP contribution is -2.20. The van der Waals surface area contributed by atoms with E-state index in [4.69, 9.17) is 16.3 Å². The van der Waals surface area contributed by atoms with Crippen molar-refractivity contribution in [3.8, 4) is 22.8 Å². The van der Waals surface area contributed by atoms with Crippen molar-refractivity contribution in [2.75, 3.05) is 19.9 Å². The highest BCUT2D eigenvalue weighted by molar-refractivity contribution is 7.99. The number of nitrogens with one attached hydrogen (secondary N) is 1. The standard InChI is InChI=1S/C18H17ClN4O2S/c1-20-16(24)11-26-18-22-21-17(12-3-9-15(25-2)10-4-12)23(18)14-7-5-13(19)6-8-14/h3-10H,11H2,1-2H3,(H,20,24). The maximum Gasteiger partial charge on any atom is 0.230 e. The summed E-state index contributed by atoms with van der Waals surface area (Å²) < 4.78 is 7.12. The summed E-state index contributed by atoms with van der Waals surface area (Å²) in [7, 11) is 3.23. The number of aromatic nitrogens is 3. The smallest absolute Gasteiger partial charge is 0.230 e. The number of hydrogen-bond donors (Lipinski definition) is 1. The van der Waals surface area contributed by atoms with Gasteiger partial charge in [0.15, 0.2) is 11.0 Å². The van der Waals surface area contributed by atoms with Gasteiger partial charge in [0, 0.05) is 23.3 Å². The van der Waals surface area contributed by atoms with Crippen molar-refractivity contribution in [1.29, 1.82) is 0 Å². The monoisotopic (exact) mass is 388 g/mol. The number of thioether (sulfide) groups is 1. The fraction of sp³-hybridized carbons (Fsp3) is 0.167. The molecule has 1 amide bonds. The predicted octanol–water partition coefficient (Wildman–Crippen LogP) is 3.43. The summed E-state index contributed by atoms with van der Waals surface area (Å²) in [5.74, 6) is 1.62. The molecule has 3 aromatic rings. The number of amides is 1. The molecule has 1 heterocycles. The molecular formula is C18H17ClN4O2S. The molecule has 2 aromatic carbocycles. The molecule has 26 heavy (non-hydrogen) atoms. The van der Waals surface area contributed by atoms with Crippen molar-refractivity contribution < 1.29 is 9.53 Å². The number of halogens is 1. The summed E-state index contributed by atoms with van der Waals surface area (Å²) in [5, 5.41) is 12.5. The van der Waals surface area contributed by atoms with Crippen LogP contribution in [0.15, 0.2) is 53.7 Å². The first kappa shape index (κ1) is 18.3. The molecule has 3 rings (SSSR count). The Bertz CT molecular complexity index is 895. The van der Waals surface area contributed by atoms with Gasteiger partial charge in [0.2, 0.25) is 5.91 Å².